The molecule has 2 aromatic rings. The van der Waals surface area contributed by atoms with Crippen LogP contribution < -0.4 is 0 Å². The number of likely N-dealkylation sites (tertiary alicyclic amines) is 1. The van der Waals surface area contributed by atoms with E-state index in [-0.39, 0.29) is 22.7 Å². The van der Waals surface area contributed by atoms with Crippen molar-refractivity contribution in [3.8, 4) is 0 Å². The molecule has 0 unspecified atom stereocenters. The summed E-state index contributed by atoms with van der Waals surface area (Å²) in [7, 11) is 0. The van der Waals surface area contributed by atoms with E-state index in [0.717, 1.165) is 6.42 Å². The molecule has 2 aromatic heterocycles. The average molecular weight is 409 g/mol. The first-order valence-electron chi connectivity index (χ1n) is 9.23. The molecule has 0 aliphatic carbocycles. The van der Waals surface area contributed by atoms with Gasteiger partial charge in [-0.05, 0) is 34.1 Å². The van der Waals surface area contributed by atoms with Crippen molar-refractivity contribution in [2.45, 2.75) is 58.8 Å². The molecule has 0 bridgehead atoms. The summed E-state index contributed by atoms with van der Waals surface area (Å²) in [6.07, 6.45) is 1.59. The van der Waals surface area contributed by atoms with Crippen LogP contribution in [0.2, 0.25) is 5.15 Å². The van der Waals surface area contributed by atoms with E-state index < -0.39 is 17.7 Å². The fourth-order valence-electron chi connectivity index (χ4n) is 3.28. The number of hydrogen-bond acceptors (Lipinski definition) is 6. The molecular formula is C19H25ClN4O4. The molecule has 0 saturated carbocycles. The Hall–Kier alpha value is -2.19. The monoisotopic (exact) mass is 408 g/mol. The van der Waals surface area contributed by atoms with Crippen LogP contribution in [0, 0.1) is 0 Å². The molecule has 3 rings (SSSR count). The van der Waals surface area contributed by atoms with Crippen molar-refractivity contribution in [1.82, 2.24) is 19.5 Å². The average Bonchev–Trinajstić information content (AvgIpc) is 3.17. The van der Waals surface area contributed by atoms with Gasteiger partial charge in [0.15, 0.2) is 10.8 Å². The van der Waals surface area contributed by atoms with Crippen molar-refractivity contribution >= 4 is 29.1 Å². The van der Waals surface area contributed by atoms with Crippen LogP contribution in [0.3, 0.4) is 0 Å². The lowest BCUT2D eigenvalue weighted by Gasteiger charge is -2.24. The minimum atomic E-state index is -0.650. The molecular weight excluding hydrogens is 384 g/mol. The van der Waals surface area contributed by atoms with Gasteiger partial charge in [0.1, 0.15) is 11.2 Å². The zero-order valence-electron chi connectivity index (χ0n) is 16.7. The fraction of sp³-hybridized carbons (Fsp3) is 0.579. The molecule has 2 atom stereocenters. The second-order valence-electron chi connectivity index (χ2n) is 7.95. The summed E-state index contributed by atoms with van der Waals surface area (Å²) in [5.41, 5.74) is 0.658. The number of carbonyl (C=O) groups is 2. The minimum Gasteiger partial charge on any atom is -0.456 e. The first-order chi connectivity index (χ1) is 13.0. The normalized spacial score (nSPS) is 18.5. The quantitative estimate of drug-likeness (QED) is 0.723. The Morgan fingerprint density at radius 2 is 2.07 bits per heavy atom. The Labute approximate surface area is 168 Å². The third kappa shape index (κ3) is 4.44. The van der Waals surface area contributed by atoms with Gasteiger partial charge in [-0.15, -0.1) is 0 Å². The summed E-state index contributed by atoms with van der Waals surface area (Å²) in [6.45, 7) is 9.97. The van der Waals surface area contributed by atoms with E-state index in [4.69, 9.17) is 21.1 Å². The lowest BCUT2D eigenvalue weighted by atomic mass is 10.1. The van der Waals surface area contributed by atoms with Crippen molar-refractivity contribution in [3.63, 3.8) is 0 Å². The van der Waals surface area contributed by atoms with Crippen molar-refractivity contribution in [2.75, 3.05) is 13.1 Å². The van der Waals surface area contributed by atoms with Crippen molar-refractivity contribution in [2.24, 2.45) is 0 Å². The van der Waals surface area contributed by atoms with Crippen LogP contribution >= 0.6 is 11.6 Å². The van der Waals surface area contributed by atoms with Crippen LogP contribution in [0.5, 0.6) is 0 Å². The topological polar surface area (TPSA) is 86.0 Å². The highest BCUT2D eigenvalue weighted by Gasteiger charge is 2.31. The van der Waals surface area contributed by atoms with E-state index >= 15 is 0 Å². The van der Waals surface area contributed by atoms with E-state index in [9.17, 15) is 9.59 Å². The van der Waals surface area contributed by atoms with Gasteiger partial charge in [-0.3, -0.25) is 4.79 Å². The number of hydrogen-bond donors (Lipinski definition) is 0. The number of rotatable bonds is 4. The van der Waals surface area contributed by atoms with E-state index in [1.54, 1.807) is 38.7 Å². The molecule has 3 heterocycles. The van der Waals surface area contributed by atoms with E-state index in [1.807, 2.05) is 6.92 Å². The van der Waals surface area contributed by atoms with Crippen LogP contribution in [0.4, 0.5) is 0 Å². The summed E-state index contributed by atoms with van der Waals surface area (Å²) in [6, 6.07) is 1.61. The third-order valence-electron chi connectivity index (χ3n) is 4.48. The molecule has 0 aromatic carbocycles. The van der Waals surface area contributed by atoms with Gasteiger partial charge in [-0.1, -0.05) is 11.6 Å². The molecule has 1 saturated heterocycles. The van der Waals surface area contributed by atoms with E-state index in [1.165, 1.54) is 10.7 Å². The van der Waals surface area contributed by atoms with Gasteiger partial charge < -0.3 is 14.4 Å². The maximum atomic E-state index is 12.8. The molecule has 1 aliphatic rings. The summed E-state index contributed by atoms with van der Waals surface area (Å²) in [5, 5.41) is 4.53. The molecule has 0 N–H and O–H groups in total. The Bertz CT molecular complexity index is 905. The smallest absolute Gasteiger partial charge is 0.342 e. The first-order valence-corrected chi connectivity index (χ1v) is 9.61. The number of ether oxygens (including phenoxy) is 2. The van der Waals surface area contributed by atoms with Crippen LogP contribution in [0.1, 0.15) is 63.2 Å². The number of amides is 1. The highest BCUT2D eigenvalue weighted by molar-refractivity contribution is 6.29. The van der Waals surface area contributed by atoms with Crippen LogP contribution in [-0.4, -0.2) is 56.2 Å². The Morgan fingerprint density at radius 1 is 1.36 bits per heavy atom. The molecule has 1 fully saturated rings. The van der Waals surface area contributed by atoms with Crippen molar-refractivity contribution < 1.29 is 19.1 Å². The van der Waals surface area contributed by atoms with Gasteiger partial charge in [-0.25, -0.2) is 14.3 Å². The molecule has 9 heteroatoms. The number of fused-ring (bicyclic) bond motifs is 1. The summed E-state index contributed by atoms with van der Waals surface area (Å²) >= 11 is 6.05. The van der Waals surface area contributed by atoms with E-state index in [2.05, 4.69) is 10.1 Å². The molecule has 1 aliphatic heterocycles. The maximum absolute atomic E-state index is 12.8. The van der Waals surface area contributed by atoms with Gasteiger partial charge in [0.2, 0.25) is 5.91 Å². The number of carbonyl (C=O) groups excluding carboxylic acids is 2. The fourth-order valence-corrected chi connectivity index (χ4v) is 3.46. The second kappa shape index (κ2) is 7.67. The van der Waals surface area contributed by atoms with Gasteiger partial charge >= 0.3 is 5.97 Å². The third-order valence-corrected chi connectivity index (χ3v) is 4.67. The molecule has 1 amide bonds. The predicted molar refractivity (Wildman–Crippen MR) is 103 cm³/mol. The van der Waals surface area contributed by atoms with Gasteiger partial charge in [-0.2, -0.15) is 5.10 Å². The molecule has 152 valence electrons. The molecule has 8 nitrogen and oxygen atoms in total. The van der Waals surface area contributed by atoms with Crippen LogP contribution in [0.25, 0.3) is 5.65 Å². The summed E-state index contributed by atoms with van der Waals surface area (Å²) < 4.78 is 13.2. The molecule has 28 heavy (non-hydrogen) atoms. The summed E-state index contributed by atoms with van der Waals surface area (Å²) in [4.78, 5) is 30.4. The summed E-state index contributed by atoms with van der Waals surface area (Å²) in [5.74, 6) is -0.478. The highest BCUT2D eigenvalue weighted by Crippen LogP contribution is 2.28. The predicted octanol–water partition coefficient (Wildman–Crippen LogP) is 3.04. The second-order valence-corrected chi connectivity index (χ2v) is 8.34. The number of halogens is 1. The zero-order valence-corrected chi connectivity index (χ0v) is 17.5. The lowest BCUT2D eigenvalue weighted by molar-refractivity contribution is -0.128. The standard InChI is InChI=1S/C19H25ClN4O4/c1-11(27-13-6-7-23(10-13)12(2)25)17-14(18(26)28-19(3,4)5)9-21-16-8-15(20)22-24(16)17/h8-9,11,13H,6-7,10H2,1-5H3/t11-,13+/m0/s1. The highest BCUT2D eigenvalue weighted by atomic mass is 35.5. The number of aromatic nitrogens is 3. The largest absolute Gasteiger partial charge is 0.456 e. The Kier molecular flexibility index (Phi) is 5.63. The van der Waals surface area contributed by atoms with Crippen LogP contribution in [-0.2, 0) is 14.3 Å². The first kappa shape index (κ1) is 20.5. The zero-order chi connectivity index (χ0) is 20.6. The van der Waals surface area contributed by atoms with Gasteiger partial charge in [0, 0.05) is 32.3 Å². The van der Waals surface area contributed by atoms with Gasteiger partial charge in [0.05, 0.1) is 17.9 Å². The SMILES string of the molecule is CC(=O)N1CC[C@@H](O[C@@H](C)c2c(C(=O)OC(C)(C)C)cnc3cc(Cl)nn23)C1. The Balaban J connectivity index is 1.94. The number of esters is 1. The maximum Gasteiger partial charge on any atom is 0.342 e. The number of nitrogens with zero attached hydrogens (tertiary/aromatic N) is 4. The molecule has 0 spiro atoms. The van der Waals surface area contributed by atoms with Gasteiger partial charge in [0.25, 0.3) is 0 Å². The molecule has 0 radical (unpaired) electrons. The van der Waals surface area contributed by atoms with Crippen molar-refractivity contribution in [1.29, 1.82) is 0 Å². The minimum absolute atomic E-state index is 0.0263. The Morgan fingerprint density at radius 3 is 2.68 bits per heavy atom. The van der Waals surface area contributed by atoms with E-state index in [0.29, 0.717) is 24.4 Å². The lowest BCUT2D eigenvalue weighted by Crippen LogP contribution is -2.29. The van der Waals surface area contributed by atoms with Crippen molar-refractivity contribution in [3.05, 3.63) is 28.7 Å². The van der Waals surface area contributed by atoms with Crippen LogP contribution in [0.15, 0.2) is 12.3 Å².